The van der Waals surface area contributed by atoms with Crippen LogP contribution in [0.1, 0.15) is 29.8 Å². The van der Waals surface area contributed by atoms with Crippen LogP contribution < -0.4 is 4.74 Å². The predicted molar refractivity (Wildman–Crippen MR) is 65.0 cm³/mol. The molecule has 0 aliphatic rings. The van der Waals surface area contributed by atoms with Gasteiger partial charge in [-0.25, -0.2) is 0 Å². The van der Waals surface area contributed by atoms with Crippen molar-refractivity contribution in [2.75, 3.05) is 6.61 Å². The molecule has 1 aromatic carbocycles. The zero-order chi connectivity index (χ0) is 13.9. The minimum Gasteiger partial charge on any atom is -0.494 e. The Bertz CT molecular complexity index is 443. The number of rotatable bonds is 4. The second-order valence-corrected chi connectivity index (χ2v) is 4.54. The lowest BCUT2D eigenvalue weighted by Gasteiger charge is -2.19. The van der Waals surface area contributed by atoms with E-state index in [0.29, 0.717) is 0 Å². The van der Waals surface area contributed by atoms with E-state index in [1.807, 2.05) is 0 Å². The van der Waals surface area contributed by atoms with Gasteiger partial charge in [0.25, 0.3) is 0 Å². The number of hydrogen-bond acceptors (Lipinski definition) is 2. The van der Waals surface area contributed by atoms with Crippen molar-refractivity contribution < 1.29 is 22.7 Å². The number of alkyl halides is 4. The molecule has 18 heavy (non-hydrogen) atoms. The lowest BCUT2D eigenvalue weighted by molar-refractivity contribution is -0.138. The SMILES string of the molecule is CCOc1cccc(C(F)(F)F)c1C(Br)C(C)=O. The molecular formula is C12H12BrF3O2. The summed E-state index contributed by atoms with van der Waals surface area (Å²) < 4.78 is 43.9. The van der Waals surface area contributed by atoms with Crippen molar-refractivity contribution in [2.45, 2.75) is 24.9 Å². The summed E-state index contributed by atoms with van der Waals surface area (Å²) in [5.74, 6) is -0.336. The van der Waals surface area contributed by atoms with Gasteiger partial charge < -0.3 is 4.74 Å². The summed E-state index contributed by atoms with van der Waals surface area (Å²) in [7, 11) is 0. The maximum atomic E-state index is 12.9. The maximum absolute atomic E-state index is 12.9. The summed E-state index contributed by atoms with van der Waals surface area (Å²) >= 11 is 2.98. The van der Waals surface area contributed by atoms with E-state index in [1.165, 1.54) is 19.1 Å². The van der Waals surface area contributed by atoms with Gasteiger partial charge in [-0.3, -0.25) is 4.79 Å². The zero-order valence-electron chi connectivity index (χ0n) is 9.84. The average Bonchev–Trinajstić information content (AvgIpc) is 2.27. The van der Waals surface area contributed by atoms with Crippen LogP contribution in [0.3, 0.4) is 0 Å². The highest BCUT2D eigenvalue weighted by atomic mass is 79.9. The fraction of sp³-hybridized carbons (Fsp3) is 0.417. The van der Waals surface area contributed by atoms with Crippen LogP contribution in [-0.2, 0) is 11.0 Å². The van der Waals surface area contributed by atoms with Gasteiger partial charge in [-0.1, -0.05) is 22.0 Å². The maximum Gasteiger partial charge on any atom is 0.416 e. The first-order valence-electron chi connectivity index (χ1n) is 5.26. The van der Waals surface area contributed by atoms with Gasteiger partial charge >= 0.3 is 6.18 Å². The summed E-state index contributed by atoms with van der Waals surface area (Å²) in [6.45, 7) is 3.12. The Morgan fingerprint density at radius 2 is 2.06 bits per heavy atom. The average molecular weight is 325 g/mol. The van der Waals surface area contributed by atoms with E-state index in [0.717, 1.165) is 6.07 Å². The van der Waals surface area contributed by atoms with Crippen LogP contribution in [0.15, 0.2) is 18.2 Å². The highest BCUT2D eigenvalue weighted by Crippen LogP contribution is 2.42. The molecule has 0 bridgehead atoms. The molecule has 0 aliphatic heterocycles. The fourth-order valence-electron chi connectivity index (χ4n) is 1.54. The van der Waals surface area contributed by atoms with E-state index in [9.17, 15) is 18.0 Å². The predicted octanol–water partition coefficient (Wildman–Crippen LogP) is 4.13. The van der Waals surface area contributed by atoms with Crippen molar-refractivity contribution in [1.82, 2.24) is 0 Å². The summed E-state index contributed by atoms with van der Waals surface area (Å²) in [6.07, 6.45) is -4.52. The molecule has 0 fully saturated rings. The Morgan fingerprint density at radius 1 is 1.44 bits per heavy atom. The minimum atomic E-state index is -4.52. The van der Waals surface area contributed by atoms with Crippen LogP contribution in [-0.4, -0.2) is 12.4 Å². The molecule has 1 unspecified atom stereocenters. The lowest BCUT2D eigenvalue weighted by Crippen LogP contribution is -2.14. The second-order valence-electron chi connectivity index (χ2n) is 3.62. The third-order valence-corrected chi connectivity index (χ3v) is 3.38. The first-order chi connectivity index (χ1) is 8.29. The molecule has 2 nitrogen and oxygen atoms in total. The van der Waals surface area contributed by atoms with E-state index in [4.69, 9.17) is 4.74 Å². The van der Waals surface area contributed by atoms with Crippen molar-refractivity contribution in [2.24, 2.45) is 0 Å². The Labute approximate surface area is 111 Å². The Hall–Kier alpha value is -1.04. The van der Waals surface area contributed by atoms with E-state index in [-0.39, 0.29) is 17.9 Å². The van der Waals surface area contributed by atoms with Crippen LogP contribution in [0.25, 0.3) is 0 Å². The minimum absolute atomic E-state index is 0.0735. The van der Waals surface area contributed by atoms with Gasteiger partial charge in [-0.15, -0.1) is 0 Å². The number of ether oxygens (including phenoxy) is 1. The van der Waals surface area contributed by atoms with E-state index >= 15 is 0 Å². The van der Waals surface area contributed by atoms with Crippen LogP contribution in [0, 0.1) is 0 Å². The van der Waals surface area contributed by atoms with Gasteiger partial charge in [-0.05, 0) is 26.0 Å². The smallest absolute Gasteiger partial charge is 0.416 e. The molecular weight excluding hydrogens is 313 g/mol. The van der Waals surface area contributed by atoms with Gasteiger partial charge in [0.2, 0.25) is 0 Å². The summed E-state index contributed by atoms with van der Waals surface area (Å²) in [5.41, 5.74) is -1.02. The second kappa shape index (κ2) is 5.73. The molecule has 0 aromatic heterocycles. The number of carbonyl (C=O) groups is 1. The molecule has 0 saturated carbocycles. The first kappa shape index (κ1) is 15.0. The highest BCUT2D eigenvalue weighted by Gasteiger charge is 2.37. The quantitative estimate of drug-likeness (QED) is 0.778. The molecule has 0 amide bonds. The monoisotopic (exact) mass is 324 g/mol. The van der Waals surface area contributed by atoms with E-state index in [2.05, 4.69) is 15.9 Å². The Morgan fingerprint density at radius 3 is 2.50 bits per heavy atom. The first-order valence-corrected chi connectivity index (χ1v) is 6.18. The van der Waals surface area contributed by atoms with Crippen molar-refractivity contribution in [3.05, 3.63) is 29.3 Å². The number of carbonyl (C=O) groups excluding carboxylic acids is 1. The van der Waals surface area contributed by atoms with Crippen molar-refractivity contribution >= 4 is 21.7 Å². The molecule has 1 aromatic rings. The Kier molecular flexibility index (Phi) is 4.78. The molecule has 100 valence electrons. The number of hydrogen-bond donors (Lipinski definition) is 0. The molecule has 0 saturated heterocycles. The highest BCUT2D eigenvalue weighted by molar-refractivity contribution is 9.09. The largest absolute Gasteiger partial charge is 0.494 e. The summed E-state index contributed by atoms with van der Waals surface area (Å²) in [4.78, 5) is 10.3. The van der Waals surface area contributed by atoms with Crippen molar-refractivity contribution in [3.63, 3.8) is 0 Å². The molecule has 0 spiro atoms. The van der Waals surface area contributed by atoms with E-state index < -0.39 is 22.4 Å². The van der Waals surface area contributed by atoms with Crippen molar-refractivity contribution in [3.8, 4) is 5.75 Å². The van der Waals surface area contributed by atoms with E-state index in [1.54, 1.807) is 6.92 Å². The third-order valence-electron chi connectivity index (χ3n) is 2.28. The molecule has 0 N–H and O–H groups in total. The lowest BCUT2D eigenvalue weighted by atomic mass is 10.0. The number of ketones is 1. The van der Waals surface area contributed by atoms with Crippen molar-refractivity contribution in [1.29, 1.82) is 0 Å². The van der Waals surface area contributed by atoms with Gasteiger partial charge in [0.1, 0.15) is 16.4 Å². The number of Topliss-reactive ketones (excluding diaryl/α,β-unsaturated/α-hetero) is 1. The van der Waals surface area contributed by atoms with Gasteiger partial charge in [0.05, 0.1) is 12.2 Å². The molecule has 0 heterocycles. The topological polar surface area (TPSA) is 26.3 Å². The standard InChI is InChI=1S/C12H12BrF3O2/c1-3-18-9-6-4-5-8(12(14,15)16)10(9)11(13)7(2)17/h4-6,11H,3H2,1-2H3. The van der Waals surface area contributed by atoms with Gasteiger partial charge in [0, 0.05) is 5.56 Å². The van der Waals surface area contributed by atoms with Crippen LogP contribution in [0.2, 0.25) is 0 Å². The molecule has 1 atom stereocenters. The van der Waals surface area contributed by atoms with Crippen LogP contribution >= 0.6 is 15.9 Å². The molecule has 0 radical (unpaired) electrons. The third kappa shape index (κ3) is 3.25. The van der Waals surface area contributed by atoms with Crippen LogP contribution in [0.4, 0.5) is 13.2 Å². The number of benzene rings is 1. The zero-order valence-corrected chi connectivity index (χ0v) is 11.4. The Balaban J connectivity index is 3.43. The molecule has 0 aliphatic carbocycles. The molecule has 1 rings (SSSR count). The van der Waals surface area contributed by atoms with Gasteiger partial charge in [0.15, 0.2) is 0 Å². The summed E-state index contributed by atoms with van der Waals surface area (Å²) in [6, 6.07) is 3.62. The fourth-order valence-corrected chi connectivity index (χ4v) is 2.01. The molecule has 6 heteroatoms. The van der Waals surface area contributed by atoms with Crippen LogP contribution in [0.5, 0.6) is 5.75 Å². The number of halogens is 4. The normalized spacial score (nSPS) is 13.2. The van der Waals surface area contributed by atoms with Gasteiger partial charge in [-0.2, -0.15) is 13.2 Å². The summed E-state index contributed by atoms with van der Waals surface area (Å²) in [5, 5.41) is 0.